The molecule has 0 spiro atoms. The van der Waals surface area contributed by atoms with Gasteiger partial charge in [-0.05, 0) is 185 Å². The summed E-state index contributed by atoms with van der Waals surface area (Å²) < 4.78 is 121. The SMILES string of the molecule is Cc1cccc(-c2cccc3c2Oc2cc4ccccc4cc2C3(C)C)c1.Cc1cccc(-c2cccc3c2Oc2ccc4ccccc4c2C3(C)C)c1.[2H]C(C)(C)c1cccc(-c2cccc3c2Oc2cc(C)ccc2C3(C)C)c1.[2H]C([2H])([2H])c1ccc(-c2ccc(C([2H])([2H])[2H])c3c2Oc2ccccc2C3(C)C)cc1C.[2H]C([2H])([2H])c1ccc(-c2cccc(C([2H])(C)C)c2)c2c1C(C)(C)c1ccccc1O2. The zero-order valence-corrected chi connectivity index (χ0v) is 78.3. The fourth-order valence-electron chi connectivity index (χ4n) is 20.0. The van der Waals surface area contributed by atoms with Crippen LogP contribution in [-0.4, -0.2) is 0 Å². The highest BCUT2D eigenvalue weighted by atomic mass is 16.5. The Morgan fingerprint density at radius 2 is 0.595 bits per heavy atom. The Bertz CT molecular complexity index is 7750. The van der Waals surface area contributed by atoms with Crippen LogP contribution in [0, 0.1) is 48.3 Å². The molecule has 0 fully saturated rings. The van der Waals surface area contributed by atoms with E-state index in [1.165, 1.54) is 82.7 Å². The fraction of sp³-hybridized carbons (Fsp3) is 0.222. The molecule has 0 unspecified atom stereocenters. The number of fused-ring (bicyclic) bond motifs is 13. The summed E-state index contributed by atoms with van der Waals surface area (Å²) in [5.41, 5.74) is 26.5. The maximum Gasteiger partial charge on any atom is 0.139 e. The highest BCUT2D eigenvalue weighted by Crippen LogP contribution is 2.59. The zero-order valence-electron chi connectivity index (χ0n) is 89.3. The van der Waals surface area contributed by atoms with Crippen LogP contribution < -0.4 is 23.7 Å². The number of benzene rings is 17. The van der Waals surface area contributed by atoms with Gasteiger partial charge in [-0.15, -0.1) is 0 Å². The molecule has 0 saturated heterocycles. The number of hydrogen-bond acceptors (Lipinski definition) is 5. The van der Waals surface area contributed by atoms with Crippen molar-refractivity contribution in [2.45, 2.75) is 184 Å². The summed E-state index contributed by atoms with van der Waals surface area (Å²) in [4.78, 5) is 0. The Hall–Kier alpha value is -13.7. The van der Waals surface area contributed by atoms with Gasteiger partial charge in [0.1, 0.15) is 57.5 Å². The molecule has 654 valence electrons. The van der Waals surface area contributed by atoms with Crippen LogP contribution in [0.3, 0.4) is 0 Å². The van der Waals surface area contributed by atoms with Gasteiger partial charge in [-0.3, -0.25) is 0 Å². The molecule has 0 bridgehead atoms. The third kappa shape index (κ3) is 16.3. The summed E-state index contributed by atoms with van der Waals surface area (Å²) in [5.74, 6) is 6.94. The Labute approximate surface area is 792 Å². The second-order valence-electron chi connectivity index (χ2n) is 38.7. The quantitative estimate of drug-likeness (QED) is 0.159. The molecule has 22 rings (SSSR count). The molecule has 5 aliphatic rings. The van der Waals surface area contributed by atoms with Crippen molar-refractivity contribution in [1.82, 2.24) is 0 Å². The van der Waals surface area contributed by atoms with Crippen LogP contribution >= 0.6 is 0 Å². The van der Waals surface area contributed by atoms with Gasteiger partial charge in [-0.1, -0.05) is 405 Å². The summed E-state index contributed by atoms with van der Waals surface area (Å²) in [6.45, 7) is 30.8. The molecule has 0 amide bonds. The topological polar surface area (TPSA) is 46.2 Å². The smallest absolute Gasteiger partial charge is 0.139 e. The van der Waals surface area contributed by atoms with Gasteiger partial charge in [-0.2, -0.15) is 0 Å². The van der Waals surface area contributed by atoms with Crippen LogP contribution in [0.4, 0.5) is 0 Å². The maximum atomic E-state index is 8.39. The molecule has 0 aromatic heterocycles. The Morgan fingerprint density at radius 3 is 1.08 bits per heavy atom. The lowest BCUT2D eigenvalue weighted by Gasteiger charge is -2.36. The first-order valence-electron chi connectivity index (χ1n) is 51.0. The number of para-hydroxylation sites is 5. The van der Waals surface area contributed by atoms with Crippen molar-refractivity contribution in [3.63, 3.8) is 0 Å². The predicted molar refractivity (Wildman–Crippen MR) is 549 cm³/mol. The maximum absolute atomic E-state index is 8.39. The average Bonchev–Trinajstić information content (AvgIpc) is 0.727. The highest BCUT2D eigenvalue weighted by molar-refractivity contribution is 5.92. The van der Waals surface area contributed by atoms with Gasteiger partial charge in [0.2, 0.25) is 0 Å². The molecule has 0 N–H and O–H groups in total. The first kappa shape index (κ1) is 75.1. The molecular weight excluding hydrogens is 1590 g/mol. The van der Waals surface area contributed by atoms with Crippen LogP contribution in [-0.2, 0) is 27.1 Å². The van der Waals surface area contributed by atoms with Crippen LogP contribution in [0.2, 0.25) is 0 Å². The van der Waals surface area contributed by atoms with Gasteiger partial charge in [0.25, 0.3) is 0 Å². The molecule has 17 aromatic carbocycles. The van der Waals surface area contributed by atoms with E-state index in [1.807, 2.05) is 139 Å². The number of rotatable bonds is 7. The number of ether oxygens (including phenoxy) is 5. The largest absolute Gasteiger partial charge is 0.456 e. The van der Waals surface area contributed by atoms with E-state index in [0.717, 1.165) is 107 Å². The highest BCUT2D eigenvalue weighted by Gasteiger charge is 2.42. The first-order valence-corrected chi connectivity index (χ1v) is 45.5. The average molecular weight is 1730 g/mol. The predicted octanol–water partition coefficient (Wildman–Crippen LogP) is 35.6. The first-order chi connectivity index (χ1) is 67.0. The van der Waals surface area contributed by atoms with Crippen molar-refractivity contribution in [3.05, 3.63) is 439 Å². The Morgan fingerprint density at radius 1 is 0.229 bits per heavy atom. The van der Waals surface area contributed by atoms with Crippen molar-refractivity contribution < 1.29 is 38.8 Å². The van der Waals surface area contributed by atoms with Crippen molar-refractivity contribution in [3.8, 4) is 113 Å². The van der Waals surface area contributed by atoms with E-state index in [4.69, 9.17) is 38.8 Å². The molecule has 0 radical (unpaired) electrons. The van der Waals surface area contributed by atoms with Crippen LogP contribution in [0.5, 0.6) is 57.5 Å². The minimum absolute atomic E-state index is 0.118. The van der Waals surface area contributed by atoms with E-state index in [1.54, 1.807) is 37.3 Å². The third-order valence-corrected chi connectivity index (χ3v) is 27.4. The second kappa shape index (κ2) is 34.6. The zero-order chi connectivity index (χ0) is 101. The summed E-state index contributed by atoms with van der Waals surface area (Å²) in [6, 6.07) is 113. The van der Waals surface area contributed by atoms with Crippen LogP contribution in [0.25, 0.3) is 77.2 Å². The van der Waals surface area contributed by atoms with Gasteiger partial charge in [0.05, 0.1) is 0 Å². The lowest BCUT2D eigenvalue weighted by molar-refractivity contribution is 0.418. The fourth-order valence-corrected chi connectivity index (χ4v) is 20.0. The number of aryl methyl sites for hydroxylation is 7. The van der Waals surface area contributed by atoms with E-state index < -0.39 is 43.2 Å². The van der Waals surface area contributed by atoms with Crippen molar-refractivity contribution in [2.24, 2.45) is 0 Å². The van der Waals surface area contributed by atoms with Gasteiger partial charge in [0, 0.05) is 126 Å². The monoisotopic (exact) mass is 1720 g/mol. The molecule has 17 aromatic rings. The van der Waals surface area contributed by atoms with E-state index in [9.17, 15) is 0 Å². The lowest BCUT2D eigenvalue weighted by atomic mass is 9.73. The third-order valence-electron chi connectivity index (χ3n) is 27.4. The van der Waals surface area contributed by atoms with Gasteiger partial charge in [0.15, 0.2) is 0 Å². The van der Waals surface area contributed by atoms with E-state index in [-0.39, 0.29) is 21.8 Å². The summed E-state index contributed by atoms with van der Waals surface area (Å²) in [7, 11) is 0. The van der Waals surface area contributed by atoms with Crippen LogP contribution in [0.1, 0.15) is 230 Å². The van der Waals surface area contributed by atoms with Gasteiger partial charge >= 0.3 is 0 Å². The summed E-state index contributed by atoms with van der Waals surface area (Å²) >= 11 is 0. The summed E-state index contributed by atoms with van der Waals surface area (Å²) in [5, 5.41) is 4.99. The molecule has 131 heavy (non-hydrogen) atoms. The lowest BCUT2D eigenvalue weighted by Crippen LogP contribution is -2.25. The van der Waals surface area contributed by atoms with Crippen molar-refractivity contribution in [1.29, 1.82) is 0 Å². The van der Waals surface area contributed by atoms with Gasteiger partial charge in [-0.25, -0.2) is 0 Å². The van der Waals surface area contributed by atoms with Crippen molar-refractivity contribution in [2.75, 3.05) is 0 Å². The second-order valence-corrected chi connectivity index (χ2v) is 38.7. The molecule has 5 aliphatic heterocycles. The standard InChI is InChI=1S/2C26H22O.2C25H26O.C24H24O/c1-17-8-6-10-19(16-17)21-12-7-13-22-25(21)27-23-15-14-18-9-4-5-11-20(18)24(23)26(22,2)3;1-17-8-6-11-20(14-17)21-12-7-13-22-25(21)27-24-16-19-10-5-4-9-18(19)15-23(24)26(22,2)3;1-16(2)18-8-6-9-19(15-18)20-10-7-11-22-24(20)26-23-14-17(3)12-13-21(23)25(22,4)5;1-16(2)18-9-8-10-19(15-18)20-14-13-17(3)23-24(20)26-22-12-7-6-11-21(22)25(23,4)5;1-15-10-12-18(14-17(15)3)19-13-11-16(2)22-23(19)25-21-9-7-6-8-20(21)24(22,4)5/h2*4-16H,1-3H3;2*6-16H,1-5H3;6-14H,1-5H3/i;;16D;3D3,16D;1D3,2D3. The summed E-state index contributed by atoms with van der Waals surface area (Å²) in [6.07, 6.45) is 0. The molecular formula is C126H120O5. The molecule has 0 atom stereocenters. The van der Waals surface area contributed by atoms with Crippen molar-refractivity contribution >= 4 is 21.5 Å². The molecule has 0 saturated carbocycles. The minimum atomic E-state index is -2.30. The van der Waals surface area contributed by atoms with E-state index in [0.29, 0.717) is 45.1 Å². The Kier molecular flexibility index (Phi) is 19.8. The van der Waals surface area contributed by atoms with E-state index >= 15 is 0 Å². The molecule has 0 aliphatic carbocycles. The van der Waals surface area contributed by atoms with Gasteiger partial charge < -0.3 is 23.7 Å². The minimum Gasteiger partial charge on any atom is -0.456 e. The molecule has 5 nitrogen and oxygen atoms in total. The Balaban J connectivity index is 0.000000117. The van der Waals surface area contributed by atoms with E-state index in [2.05, 4.69) is 282 Å². The number of hydrogen-bond donors (Lipinski definition) is 0. The van der Waals surface area contributed by atoms with Crippen LogP contribution in [0.15, 0.2) is 334 Å². The molecule has 5 heteroatoms. The molecule has 5 heterocycles. The normalized spacial score (nSPS) is 16.1.